The number of nitrogens with zero attached hydrogens (tertiary/aromatic N) is 3. The largest absolute Gasteiger partial charge is 0.471 e. The minimum Gasteiger partial charge on any atom is -0.471 e. The van der Waals surface area contributed by atoms with E-state index in [1.165, 1.54) is 0 Å². The van der Waals surface area contributed by atoms with E-state index in [9.17, 15) is 0 Å². The Morgan fingerprint density at radius 3 is 2.70 bits per heavy atom. The third-order valence-corrected chi connectivity index (χ3v) is 3.04. The van der Waals surface area contributed by atoms with Gasteiger partial charge in [0, 0.05) is 29.9 Å². The van der Waals surface area contributed by atoms with Gasteiger partial charge in [-0.3, -0.25) is 0 Å². The van der Waals surface area contributed by atoms with E-state index in [-0.39, 0.29) is 6.10 Å². The molecule has 2 aromatic rings. The fourth-order valence-corrected chi connectivity index (χ4v) is 1.99. The van der Waals surface area contributed by atoms with Gasteiger partial charge in [0.25, 0.3) is 0 Å². The number of ether oxygens (including phenoxy) is 2. The smallest absolute Gasteiger partial charge is 0.232 e. The second-order valence-electron chi connectivity index (χ2n) is 4.54. The highest BCUT2D eigenvalue weighted by Gasteiger charge is 2.18. The van der Waals surface area contributed by atoms with Gasteiger partial charge >= 0.3 is 0 Å². The van der Waals surface area contributed by atoms with Crippen LogP contribution in [0.4, 0.5) is 11.5 Å². The average Bonchev–Trinajstić information content (AvgIpc) is 2.93. The van der Waals surface area contributed by atoms with Crippen LogP contribution in [-0.4, -0.2) is 34.3 Å². The van der Waals surface area contributed by atoms with Crippen LogP contribution in [0.2, 0.25) is 0 Å². The van der Waals surface area contributed by atoms with Crippen molar-refractivity contribution in [2.24, 2.45) is 0 Å². The van der Waals surface area contributed by atoms with Gasteiger partial charge in [-0.25, -0.2) is 15.0 Å². The summed E-state index contributed by atoms with van der Waals surface area (Å²) >= 11 is 0. The second-order valence-corrected chi connectivity index (χ2v) is 4.54. The van der Waals surface area contributed by atoms with Crippen LogP contribution < -0.4 is 16.2 Å². The molecule has 104 valence electrons. The lowest BCUT2D eigenvalue weighted by Gasteiger charge is -2.11. The van der Waals surface area contributed by atoms with Crippen LogP contribution in [0.15, 0.2) is 24.7 Å². The van der Waals surface area contributed by atoms with Crippen LogP contribution >= 0.6 is 0 Å². The SMILES string of the molecule is Nc1cc(N)c(-c2cnc(OC3CCOC3)cn2)cn1. The Balaban J connectivity index is 1.78. The van der Waals surface area contributed by atoms with E-state index in [4.69, 9.17) is 20.9 Å². The number of nitrogens with two attached hydrogens (primary N) is 2. The van der Waals surface area contributed by atoms with E-state index in [0.29, 0.717) is 35.2 Å². The first-order valence-corrected chi connectivity index (χ1v) is 6.30. The fraction of sp³-hybridized carbons (Fsp3) is 0.308. The summed E-state index contributed by atoms with van der Waals surface area (Å²) in [6.45, 7) is 1.32. The first-order chi connectivity index (χ1) is 9.72. The molecule has 0 amide bonds. The molecule has 1 unspecified atom stereocenters. The Morgan fingerprint density at radius 2 is 2.05 bits per heavy atom. The molecule has 7 heteroatoms. The van der Waals surface area contributed by atoms with Gasteiger partial charge in [0.15, 0.2) is 0 Å². The second kappa shape index (κ2) is 5.30. The maximum atomic E-state index is 5.89. The minimum atomic E-state index is 0.0541. The third-order valence-electron chi connectivity index (χ3n) is 3.04. The summed E-state index contributed by atoms with van der Waals surface area (Å²) < 4.78 is 10.9. The molecule has 1 aliphatic rings. The van der Waals surface area contributed by atoms with Gasteiger partial charge < -0.3 is 20.9 Å². The van der Waals surface area contributed by atoms with Gasteiger partial charge in [0.1, 0.15) is 11.9 Å². The molecule has 0 bridgehead atoms. The predicted molar refractivity (Wildman–Crippen MR) is 73.9 cm³/mol. The lowest BCUT2D eigenvalue weighted by atomic mass is 10.2. The Hall–Kier alpha value is -2.41. The summed E-state index contributed by atoms with van der Waals surface area (Å²) in [4.78, 5) is 12.5. The molecule has 20 heavy (non-hydrogen) atoms. The summed E-state index contributed by atoms with van der Waals surface area (Å²) in [5.41, 5.74) is 13.3. The molecule has 7 nitrogen and oxygen atoms in total. The number of pyridine rings is 1. The molecule has 3 heterocycles. The Bertz CT molecular complexity index is 596. The molecule has 0 spiro atoms. The maximum absolute atomic E-state index is 5.89. The molecule has 3 rings (SSSR count). The van der Waals surface area contributed by atoms with Crippen molar-refractivity contribution in [1.82, 2.24) is 15.0 Å². The molecule has 1 saturated heterocycles. The molecule has 0 saturated carbocycles. The van der Waals surface area contributed by atoms with Crippen LogP contribution in [0.1, 0.15) is 6.42 Å². The van der Waals surface area contributed by atoms with E-state index < -0.39 is 0 Å². The van der Waals surface area contributed by atoms with Gasteiger partial charge in [0.2, 0.25) is 5.88 Å². The van der Waals surface area contributed by atoms with Crippen LogP contribution in [0.3, 0.4) is 0 Å². The van der Waals surface area contributed by atoms with E-state index in [1.54, 1.807) is 24.7 Å². The number of aromatic nitrogens is 3. The van der Waals surface area contributed by atoms with Crippen LogP contribution in [0.5, 0.6) is 5.88 Å². The van der Waals surface area contributed by atoms with Gasteiger partial charge in [-0.2, -0.15) is 0 Å². The van der Waals surface area contributed by atoms with Crippen molar-refractivity contribution in [3.8, 4) is 17.1 Å². The van der Waals surface area contributed by atoms with Crippen molar-refractivity contribution in [2.75, 3.05) is 24.7 Å². The van der Waals surface area contributed by atoms with Crippen LogP contribution in [0.25, 0.3) is 11.3 Å². The minimum absolute atomic E-state index is 0.0541. The zero-order valence-electron chi connectivity index (χ0n) is 10.8. The van der Waals surface area contributed by atoms with Crippen molar-refractivity contribution < 1.29 is 9.47 Å². The molecule has 1 fully saturated rings. The first-order valence-electron chi connectivity index (χ1n) is 6.30. The Labute approximate surface area is 116 Å². The fourth-order valence-electron chi connectivity index (χ4n) is 1.99. The highest BCUT2D eigenvalue weighted by Crippen LogP contribution is 2.24. The van der Waals surface area contributed by atoms with Crippen molar-refractivity contribution in [3.63, 3.8) is 0 Å². The molecule has 0 aliphatic carbocycles. The summed E-state index contributed by atoms with van der Waals surface area (Å²) in [6, 6.07) is 1.59. The van der Waals surface area contributed by atoms with Gasteiger partial charge in [0.05, 0.1) is 31.3 Å². The average molecular weight is 273 g/mol. The number of rotatable bonds is 3. The summed E-state index contributed by atoms with van der Waals surface area (Å²) in [5.74, 6) is 0.853. The summed E-state index contributed by atoms with van der Waals surface area (Å²) in [5, 5.41) is 0. The number of nitrogen functional groups attached to an aromatic ring is 2. The van der Waals surface area contributed by atoms with E-state index in [2.05, 4.69) is 15.0 Å². The van der Waals surface area contributed by atoms with Crippen molar-refractivity contribution in [1.29, 1.82) is 0 Å². The monoisotopic (exact) mass is 273 g/mol. The Morgan fingerprint density at radius 1 is 1.15 bits per heavy atom. The normalized spacial score (nSPS) is 18.1. The van der Waals surface area contributed by atoms with Crippen molar-refractivity contribution in [2.45, 2.75) is 12.5 Å². The Kier molecular flexibility index (Phi) is 3.34. The van der Waals surface area contributed by atoms with Crippen LogP contribution in [0, 0.1) is 0 Å². The lowest BCUT2D eigenvalue weighted by molar-refractivity contribution is 0.137. The van der Waals surface area contributed by atoms with Gasteiger partial charge in [-0.1, -0.05) is 0 Å². The molecule has 1 aliphatic heterocycles. The molecule has 1 atom stereocenters. The van der Waals surface area contributed by atoms with Gasteiger partial charge in [-0.05, 0) is 0 Å². The molecule has 0 radical (unpaired) electrons. The first kappa shape index (κ1) is 12.6. The quantitative estimate of drug-likeness (QED) is 0.853. The highest BCUT2D eigenvalue weighted by atomic mass is 16.5. The van der Waals surface area contributed by atoms with Crippen molar-refractivity contribution in [3.05, 3.63) is 24.7 Å². The number of anilines is 2. The highest BCUT2D eigenvalue weighted by molar-refractivity contribution is 5.74. The summed E-state index contributed by atoms with van der Waals surface area (Å²) in [7, 11) is 0. The molecule has 4 N–H and O–H groups in total. The van der Waals surface area contributed by atoms with Crippen molar-refractivity contribution >= 4 is 11.5 Å². The molecular formula is C13H15N5O2. The maximum Gasteiger partial charge on any atom is 0.232 e. The van der Waals surface area contributed by atoms with Crippen LogP contribution in [-0.2, 0) is 4.74 Å². The zero-order chi connectivity index (χ0) is 13.9. The molecule has 0 aromatic carbocycles. The molecule has 2 aromatic heterocycles. The predicted octanol–water partition coefficient (Wildman–Crippen LogP) is 0.871. The topological polar surface area (TPSA) is 109 Å². The zero-order valence-corrected chi connectivity index (χ0v) is 10.8. The molecular weight excluding hydrogens is 258 g/mol. The van der Waals surface area contributed by atoms with E-state index >= 15 is 0 Å². The number of hydrogen-bond acceptors (Lipinski definition) is 7. The summed E-state index contributed by atoms with van der Waals surface area (Å²) in [6.07, 6.45) is 5.69. The lowest BCUT2D eigenvalue weighted by Crippen LogP contribution is -2.16. The number of hydrogen-bond donors (Lipinski definition) is 2. The standard InChI is InChI=1S/C13H15N5O2/c14-10-3-12(15)17-4-9(10)11-5-18-13(6-16-11)20-8-1-2-19-7-8/h3-6,8H,1-2,7H2,(H4,14,15,17). The van der Waals surface area contributed by atoms with E-state index in [0.717, 1.165) is 13.0 Å². The third kappa shape index (κ3) is 2.62. The van der Waals surface area contributed by atoms with Gasteiger partial charge in [-0.15, -0.1) is 0 Å². The van der Waals surface area contributed by atoms with E-state index in [1.807, 2.05) is 0 Å².